The lowest BCUT2D eigenvalue weighted by molar-refractivity contribution is -0.143. The maximum atomic E-state index is 12.8. The summed E-state index contributed by atoms with van der Waals surface area (Å²) < 4.78 is 0. The monoisotopic (exact) mass is 522 g/mol. The first kappa shape index (κ1) is 18.7. The van der Waals surface area contributed by atoms with E-state index < -0.39 is 5.91 Å². The van der Waals surface area contributed by atoms with Crippen molar-refractivity contribution in [3.05, 3.63) is 28.2 Å². The van der Waals surface area contributed by atoms with E-state index in [-0.39, 0.29) is 51.7 Å². The van der Waals surface area contributed by atoms with E-state index in [9.17, 15) is 14.4 Å². The molecule has 26 heavy (non-hydrogen) atoms. The van der Waals surface area contributed by atoms with E-state index in [1.807, 2.05) is 0 Å². The molecule has 2 aliphatic carbocycles. The number of hydrogen-bond donors (Lipinski definition) is 1. The molecule has 1 aliphatic heterocycles. The lowest BCUT2D eigenvalue weighted by Crippen LogP contribution is -2.39. The van der Waals surface area contributed by atoms with E-state index in [1.165, 1.54) is 6.07 Å². The number of amides is 3. The number of carbonyl (C=O) groups excluding carboxylic acids is 3. The van der Waals surface area contributed by atoms with Crippen molar-refractivity contribution in [1.82, 2.24) is 4.90 Å². The highest BCUT2D eigenvalue weighted by Crippen LogP contribution is 2.60. The molecule has 5 nitrogen and oxygen atoms in total. The lowest BCUT2D eigenvalue weighted by atomic mass is 9.81. The van der Waals surface area contributed by atoms with Crippen LogP contribution < -0.4 is 5.32 Å². The molecule has 1 heterocycles. The summed E-state index contributed by atoms with van der Waals surface area (Å²) >= 11 is 19.2. The number of alkyl halides is 2. The minimum absolute atomic E-state index is 0.126. The molecular formula is C17H14Br2Cl2N2O3. The molecule has 0 spiro atoms. The molecule has 9 heteroatoms. The first-order chi connectivity index (χ1) is 12.3. The highest BCUT2D eigenvalue weighted by atomic mass is 79.9. The van der Waals surface area contributed by atoms with Gasteiger partial charge in [0.15, 0.2) is 0 Å². The smallest absolute Gasteiger partial charge is 0.244 e. The number of imide groups is 1. The zero-order valence-corrected chi connectivity index (χ0v) is 18.0. The van der Waals surface area contributed by atoms with Gasteiger partial charge in [0.2, 0.25) is 17.7 Å². The Balaban J connectivity index is 1.49. The zero-order chi connectivity index (χ0) is 18.7. The van der Waals surface area contributed by atoms with Crippen LogP contribution in [0.15, 0.2) is 18.2 Å². The number of carbonyl (C=O) groups is 3. The standard InChI is InChI=1S/C17H14Br2Cl2N2O3/c18-14-7-4-8(15(14)19)13-12(7)16(25)23(17(13)26)5-11(24)22-10-3-6(20)1-2-9(10)21/h1-3,7-8,12-15H,4-5H2,(H,22,24)/t7-,8-,12-,13+,14+,15+/m1/s1. The van der Waals surface area contributed by atoms with Gasteiger partial charge in [-0.2, -0.15) is 0 Å². The maximum absolute atomic E-state index is 12.8. The van der Waals surface area contributed by atoms with Gasteiger partial charge >= 0.3 is 0 Å². The molecule has 2 saturated carbocycles. The average Bonchev–Trinajstić information content (AvgIpc) is 3.19. The molecule has 3 aliphatic rings. The minimum Gasteiger partial charge on any atom is -0.323 e. The molecule has 1 N–H and O–H groups in total. The molecule has 4 rings (SSSR count). The van der Waals surface area contributed by atoms with Gasteiger partial charge in [0.1, 0.15) is 6.54 Å². The number of rotatable bonds is 3. The predicted molar refractivity (Wildman–Crippen MR) is 106 cm³/mol. The van der Waals surface area contributed by atoms with Gasteiger partial charge in [-0.05, 0) is 36.5 Å². The second-order valence-electron chi connectivity index (χ2n) is 6.94. The van der Waals surface area contributed by atoms with Crippen LogP contribution >= 0.6 is 55.1 Å². The van der Waals surface area contributed by atoms with Crippen LogP contribution in [0.2, 0.25) is 10.0 Å². The first-order valence-corrected chi connectivity index (χ1v) is 10.8. The van der Waals surface area contributed by atoms with Crippen molar-refractivity contribution in [2.75, 3.05) is 11.9 Å². The SMILES string of the molecule is O=C(CN1C(=O)[C@@H]2[C@H]3C[C@@H]([C@H](Br)[C@H]3Br)[C@@H]2C1=O)Nc1cc(Cl)ccc1Cl. The van der Waals surface area contributed by atoms with Crippen LogP contribution in [0.5, 0.6) is 0 Å². The van der Waals surface area contributed by atoms with Crippen LogP contribution in [0.25, 0.3) is 0 Å². The van der Waals surface area contributed by atoms with Gasteiger partial charge in [-0.25, -0.2) is 0 Å². The molecule has 3 amide bonds. The fourth-order valence-corrected chi connectivity index (χ4v) is 6.70. The summed E-state index contributed by atoms with van der Waals surface area (Å²) in [5.41, 5.74) is 0.351. The summed E-state index contributed by atoms with van der Waals surface area (Å²) in [7, 11) is 0. The first-order valence-electron chi connectivity index (χ1n) is 8.18. The molecule has 1 aromatic rings. The number of benzene rings is 1. The van der Waals surface area contributed by atoms with Crippen LogP contribution in [0, 0.1) is 23.7 Å². The number of fused-ring (bicyclic) bond motifs is 5. The molecular weight excluding hydrogens is 511 g/mol. The van der Waals surface area contributed by atoms with E-state index in [2.05, 4.69) is 37.2 Å². The van der Waals surface area contributed by atoms with Gasteiger partial charge in [0.05, 0.1) is 22.5 Å². The molecule has 0 unspecified atom stereocenters. The summed E-state index contributed by atoms with van der Waals surface area (Å²) in [6, 6.07) is 4.70. The van der Waals surface area contributed by atoms with Crippen molar-refractivity contribution < 1.29 is 14.4 Å². The van der Waals surface area contributed by atoms with Crippen LogP contribution in [0.1, 0.15) is 6.42 Å². The summed E-state index contributed by atoms with van der Waals surface area (Å²) in [4.78, 5) is 39.4. The Morgan fingerprint density at radius 3 is 2.27 bits per heavy atom. The Hall–Kier alpha value is -0.630. The number of nitrogens with zero attached hydrogens (tertiary/aromatic N) is 1. The average molecular weight is 525 g/mol. The molecule has 2 bridgehead atoms. The molecule has 0 radical (unpaired) electrons. The number of hydrogen-bond acceptors (Lipinski definition) is 3. The van der Waals surface area contributed by atoms with Gasteiger partial charge in [-0.1, -0.05) is 55.1 Å². The zero-order valence-electron chi connectivity index (χ0n) is 13.3. The van der Waals surface area contributed by atoms with Gasteiger partial charge < -0.3 is 5.32 Å². The minimum atomic E-state index is -0.478. The fourth-order valence-electron chi connectivity index (χ4n) is 4.49. The highest BCUT2D eigenvalue weighted by molar-refractivity contribution is 9.12. The number of halogens is 4. The van der Waals surface area contributed by atoms with Crippen molar-refractivity contribution >= 4 is 78.5 Å². The number of anilines is 1. The largest absolute Gasteiger partial charge is 0.323 e. The van der Waals surface area contributed by atoms with E-state index in [1.54, 1.807) is 12.1 Å². The Morgan fingerprint density at radius 1 is 1.12 bits per heavy atom. The summed E-state index contributed by atoms with van der Waals surface area (Å²) in [5, 5.41) is 3.38. The van der Waals surface area contributed by atoms with Crippen LogP contribution in [0.4, 0.5) is 5.69 Å². The quantitative estimate of drug-likeness (QED) is 0.484. The number of likely N-dealkylation sites (tertiary alicyclic amines) is 1. The molecule has 0 aromatic heterocycles. The van der Waals surface area contributed by atoms with E-state index in [0.29, 0.717) is 15.7 Å². The summed E-state index contributed by atoms with van der Waals surface area (Å²) in [6.45, 7) is -0.313. The third kappa shape index (κ3) is 2.82. The fraction of sp³-hybridized carbons (Fsp3) is 0.471. The third-order valence-electron chi connectivity index (χ3n) is 5.58. The van der Waals surface area contributed by atoms with Crippen molar-refractivity contribution in [2.45, 2.75) is 16.1 Å². The van der Waals surface area contributed by atoms with Crippen molar-refractivity contribution in [3.8, 4) is 0 Å². The lowest BCUT2D eigenvalue weighted by Gasteiger charge is -2.28. The van der Waals surface area contributed by atoms with Gasteiger partial charge in [-0.15, -0.1) is 0 Å². The Morgan fingerprint density at radius 2 is 1.69 bits per heavy atom. The molecule has 138 valence electrons. The Kier molecular flexibility index (Phi) is 4.87. The third-order valence-corrected chi connectivity index (χ3v) is 9.35. The van der Waals surface area contributed by atoms with Gasteiger partial charge in [0.25, 0.3) is 0 Å². The predicted octanol–water partition coefficient (Wildman–Crippen LogP) is 3.71. The topological polar surface area (TPSA) is 66.5 Å². The molecule has 3 fully saturated rings. The van der Waals surface area contributed by atoms with Crippen LogP contribution in [-0.4, -0.2) is 38.8 Å². The molecule has 1 saturated heterocycles. The van der Waals surface area contributed by atoms with Crippen molar-refractivity contribution in [2.24, 2.45) is 23.7 Å². The molecule has 1 aromatic carbocycles. The van der Waals surface area contributed by atoms with Crippen LogP contribution in [0.3, 0.4) is 0 Å². The van der Waals surface area contributed by atoms with E-state index in [0.717, 1.165) is 11.3 Å². The second kappa shape index (κ2) is 6.76. The summed E-state index contributed by atoms with van der Waals surface area (Å²) in [6.07, 6.45) is 0.858. The van der Waals surface area contributed by atoms with Crippen molar-refractivity contribution in [3.63, 3.8) is 0 Å². The van der Waals surface area contributed by atoms with Gasteiger partial charge in [0, 0.05) is 14.7 Å². The van der Waals surface area contributed by atoms with E-state index >= 15 is 0 Å². The van der Waals surface area contributed by atoms with Gasteiger partial charge in [-0.3, -0.25) is 19.3 Å². The second-order valence-corrected chi connectivity index (χ2v) is 9.90. The summed E-state index contributed by atoms with van der Waals surface area (Å²) in [5.74, 6) is -1.37. The normalized spacial score (nSPS) is 35.2. The van der Waals surface area contributed by atoms with Crippen molar-refractivity contribution in [1.29, 1.82) is 0 Å². The van der Waals surface area contributed by atoms with Crippen LogP contribution in [-0.2, 0) is 14.4 Å². The Labute approximate surface area is 177 Å². The maximum Gasteiger partial charge on any atom is 0.244 e. The Bertz CT molecular complexity index is 789. The molecule has 6 atom stereocenters. The van der Waals surface area contributed by atoms with E-state index in [4.69, 9.17) is 23.2 Å². The number of nitrogens with one attached hydrogen (secondary N) is 1. The highest BCUT2D eigenvalue weighted by Gasteiger charge is 2.66.